The topological polar surface area (TPSA) is 79.1 Å². The van der Waals surface area contributed by atoms with Crippen molar-refractivity contribution in [2.24, 2.45) is 5.73 Å². The van der Waals surface area contributed by atoms with Crippen molar-refractivity contribution < 1.29 is 9.90 Å². The van der Waals surface area contributed by atoms with Crippen LogP contribution in [-0.2, 0) is 11.2 Å². The van der Waals surface area contributed by atoms with Gasteiger partial charge in [0.15, 0.2) is 0 Å². The summed E-state index contributed by atoms with van der Waals surface area (Å²) in [6.07, 6.45) is 2.67. The molecule has 17 heavy (non-hydrogen) atoms. The van der Waals surface area contributed by atoms with Crippen LogP contribution in [0, 0.1) is 6.92 Å². The van der Waals surface area contributed by atoms with Gasteiger partial charge in [-0.25, -0.2) is 0 Å². The molecule has 1 aromatic heterocycles. The van der Waals surface area contributed by atoms with E-state index in [0.29, 0.717) is 6.42 Å². The second kappa shape index (κ2) is 6.06. The molecule has 0 saturated heterocycles. The smallest absolute Gasteiger partial charge is 0.303 e. The number of hydrogen-bond donors (Lipinski definition) is 3. The summed E-state index contributed by atoms with van der Waals surface area (Å²) in [5, 5.41) is 9.76. The van der Waals surface area contributed by atoms with Gasteiger partial charge < -0.3 is 15.8 Å². The molecule has 0 atom stereocenters. The molecule has 0 saturated carbocycles. The number of carbonyl (C=O) groups is 1. The number of carboxylic acids is 1. The quantitative estimate of drug-likeness (QED) is 0.760. The fourth-order valence-corrected chi connectivity index (χ4v) is 1.81. The highest BCUT2D eigenvalue weighted by atomic mass is 16.4. The summed E-state index contributed by atoms with van der Waals surface area (Å²) in [6.45, 7) is 2.04. The first kappa shape index (κ1) is 13.3. The van der Waals surface area contributed by atoms with Gasteiger partial charge in [-0.1, -0.05) is 18.2 Å². The summed E-state index contributed by atoms with van der Waals surface area (Å²) in [5.74, 6) is -0.753. The van der Waals surface area contributed by atoms with Crippen LogP contribution < -0.4 is 5.73 Å². The van der Waals surface area contributed by atoms with Gasteiger partial charge in [-0.15, -0.1) is 0 Å². The molecule has 92 valence electrons. The van der Waals surface area contributed by atoms with Gasteiger partial charge in [-0.2, -0.15) is 0 Å². The average molecular weight is 234 g/mol. The largest absolute Gasteiger partial charge is 0.481 e. The van der Waals surface area contributed by atoms with E-state index < -0.39 is 5.97 Å². The molecule has 0 bridgehead atoms. The summed E-state index contributed by atoms with van der Waals surface area (Å²) in [5.41, 5.74) is 7.88. The van der Waals surface area contributed by atoms with Gasteiger partial charge in [-0.05, 0) is 31.5 Å². The van der Waals surface area contributed by atoms with Gasteiger partial charge in [0.25, 0.3) is 0 Å². The van der Waals surface area contributed by atoms with Crippen molar-refractivity contribution in [3.8, 4) is 0 Å². The molecule has 0 aliphatic carbocycles. The number of nitrogens with one attached hydrogen (secondary N) is 1. The Kier molecular flexibility index (Phi) is 4.72. The van der Waals surface area contributed by atoms with Crippen molar-refractivity contribution in [3.05, 3.63) is 35.5 Å². The lowest BCUT2D eigenvalue weighted by Gasteiger charge is -1.97. The van der Waals surface area contributed by atoms with Gasteiger partial charge in [0, 0.05) is 23.5 Å². The van der Waals surface area contributed by atoms with E-state index in [-0.39, 0.29) is 6.42 Å². The predicted molar refractivity (Wildman–Crippen MR) is 69.1 cm³/mol. The number of aromatic nitrogens is 1. The molecule has 1 heterocycles. The maximum Gasteiger partial charge on any atom is 0.303 e. The number of aliphatic carboxylic acids is 1. The van der Waals surface area contributed by atoms with Crippen LogP contribution in [0.2, 0.25) is 0 Å². The molecule has 0 unspecified atom stereocenters. The Morgan fingerprint density at radius 2 is 2.12 bits per heavy atom. The van der Waals surface area contributed by atoms with Gasteiger partial charge in [0.1, 0.15) is 0 Å². The standard InChI is InChI=1S/C12H13NO2.CH5N/c1-8-3-2-4-10-9(5-6-11(14)15)7-13-12(8)10;1-2/h2-4,7,13H,5-6H2,1H3,(H,14,15);2H2,1H3. The van der Waals surface area contributed by atoms with E-state index in [0.717, 1.165) is 16.5 Å². The summed E-state index contributed by atoms with van der Waals surface area (Å²) in [7, 11) is 1.50. The molecule has 4 nitrogen and oxygen atoms in total. The number of H-pyrrole nitrogens is 1. The first-order valence-electron chi connectivity index (χ1n) is 5.53. The highest BCUT2D eigenvalue weighted by Crippen LogP contribution is 2.22. The third-order valence-electron chi connectivity index (χ3n) is 2.62. The molecule has 0 amide bonds. The molecule has 1 aromatic carbocycles. The molecule has 2 aromatic rings. The second-order valence-corrected chi connectivity index (χ2v) is 3.71. The molecular formula is C13H18N2O2. The number of fused-ring (bicyclic) bond motifs is 1. The van der Waals surface area contributed by atoms with E-state index in [2.05, 4.69) is 10.7 Å². The summed E-state index contributed by atoms with van der Waals surface area (Å²) >= 11 is 0. The maximum atomic E-state index is 10.5. The van der Waals surface area contributed by atoms with Crippen LogP contribution in [0.3, 0.4) is 0 Å². The molecular weight excluding hydrogens is 216 g/mol. The molecule has 2 rings (SSSR count). The minimum Gasteiger partial charge on any atom is -0.481 e. The minimum atomic E-state index is -0.753. The van der Waals surface area contributed by atoms with E-state index in [1.165, 1.54) is 12.6 Å². The first-order valence-corrected chi connectivity index (χ1v) is 5.53. The molecule has 0 aliphatic heterocycles. The minimum absolute atomic E-state index is 0.181. The van der Waals surface area contributed by atoms with E-state index in [1.807, 2.05) is 31.3 Å². The Morgan fingerprint density at radius 3 is 2.76 bits per heavy atom. The lowest BCUT2D eigenvalue weighted by atomic mass is 10.1. The maximum absolute atomic E-state index is 10.5. The second-order valence-electron chi connectivity index (χ2n) is 3.71. The van der Waals surface area contributed by atoms with Crippen LogP contribution in [0.5, 0.6) is 0 Å². The molecule has 0 spiro atoms. The Balaban J connectivity index is 0.000000686. The van der Waals surface area contributed by atoms with Crippen molar-refractivity contribution in [1.82, 2.24) is 4.98 Å². The van der Waals surface area contributed by atoms with Crippen LogP contribution in [0.15, 0.2) is 24.4 Å². The molecule has 0 radical (unpaired) electrons. The van der Waals surface area contributed by atoms with E-state index in [9.17, 15) is 4.79 Å². The number of hydrogen-bond acceptors (Lipinski definition) is 2. The highest BCUT2D eigenvalue weighted by Gasteiger charge is 2.06. The lowest BCUT2D eigenvalue weighted by molar-refractivity contribution is -0.136. The van der Waals surface area contributed by atoms with E-state index in [1.54, 1.807) is 0 Å². The fourth-order valence-electron chi connectivity index (χ4n) is 1.81. The zero-order chi connectivity index (χ0) is 12.8. The zero-order valence-corrected chi connectivity index (χ0v) is 10.2. The van der Waals surface area contributed by atoms with Crippen molar-refractivity contribution >= 4 is 16.9 Å². The summed E-state index contributed by atoms with van der Waals surface area (Å²) in [4.78, 5) is 13.7. The number of rotatable bonds is 3. The predicted octanol–water partition coefficient (Wildman–Crippen LogP) is 2.07. The Hall–Kier alpha value is -1.81. The van der Waals surface area contributed by atoms with Crippen molar-refractivity contribution in [3.63, 3.8) is 0 Å². The molecule has 0 fully saturated rings. The molecule has 4 heteroatoms. The summed E-state index contributed by atoms with van der Waals surface area (Å²) < 4.78 is 0. The van der Waals surface area contributed by atoms with E-state index in [4.69, 9.17) is 5.11 Å². The first-order chi connectivity index (χ1) is 8.18. The van der Waals surface area contributed by atoms with Gasteiger partial charge in [-0.3, -0.25) is 4.79 Å². The van der Waals surface area contributed by atoms with Crippen LogP contribution in [0.4, 0.5) is 0 Å². The lowest BCUT2D eigenvalue weighted by Crippen LogP contribution is -1.96. The van der Waals surface area contributed by atoms with Crippen LogP contribution in [0.1, 0.15) is 17.5 Å². The number of nitrogens with two attached hydrogens (primary N) is 1. The van der Waals surface area contributed by atoms with Crippen molar-refractivity contribution in [1.29, 1.82) is 0 Å². The van der Waals surface area contributed by atoms with Crippen LogP contribution in [-0.4, -0.2) is 23.1 Å². The Morgan fingerprint density at radius 1 is 1.41 bits per heavy atom. The normalized spacial score (nSPS) is 9.82. The molecule has 0 aliphatic rings. The number of carboxylic acid groups (broad SMARTS) is 1. The SMILES string of the molecule is CN.Cc1cccc2c(CCC(=O)O)c[nH]c12. The van der Waals surface area contributed by atoms with Crippen LogP contribution in [0.25, 0.3) is 10.9 Å². The summed E-state index contributed by atoms with van der Waals surface area (Å²) in [6, 6.07) is 6.06. The van der Waals surface area contributed by atoms with Gasteiger partial charge in [0.05, 0.1) is 0 Å². The van der Waals surface area contributed by atoms with E-state index >= 15 is 0 Å². The highest BCUT2D eigenvalue weighted by molar-refractivity contribution is 5.86. The van der Waals surface area contributed by atoms with Crippen LogP contribution >= 0.6 is 0 Å². The number of aryl methyl sites for hydroxylation is 2. The third kappa shape index (κ3) is 3.07. The van der Waals surface area contributed by atoms with Crippen molar-refractivity contribution in [2.75, 3.05) is 7.05 Å². The van der Waals surface area contributed by atoms with Crippen molar-refractivity contribution in [2.45, 2.75) is 19.8 Å². The zero-order valence-electron chi connectivity index (χ0n) is 10.2. The molecule has 4 N–H and O–H groups in total. The number of para-hydroxylation sites is 1. The fraction of sp³-hybridized carbons (Fsp3) is 0.308. The Labute approximate surface area is 100 Å². The monoisotopic (exact) mass is 234 g/mol. The van der Waals surface area contributed by atoms with Gasteiger partial charge in [0.2, 0.25) is 0 Å². The number of aromatic amines is 1. The third-order valence-corrected chi connectivity index (χ3v) is 2.62. The Bertz CT molecular complexity index is 503. The van der Waals surface area contributed by atoms with Gasteiger partial charge >= 0.3 is 5.97 Å². The average Bonchev–Trinajstić information content (AvgIpc) is 2.74. The number of benzene rings is 1.